The summed E-state index contributed by atoms with van der Waals surface area (Å²) < 4.78 is 13.9. The predicted molar refractivity (Wildman–Crippen MR) is 67.5 cm³/mol. The van der Waals surface area contributed by atoms with E-state index in [9.17, 15) is 19.1 Å². The van der Waals surface area contributed by atoms with Gasteiger partial charge in [-0.1, -0.05) is 0 Å². The molecule has 0 saturated carbocycles. The number of fused-ring (bicyclic) bond motifs is 1. The SMILES string of the molecule is O=C(O)c1c[nH]c2nc(N3CC(O)C3)c(F)cc2c1=O. The van der Waals surface area contributed by atoms with E-state index >= 15 is 0 Å². The molecule has 1 saturated heterocycles. The molecule has 0 spiro atoms. The largest absolute Gasteiger partial charge is 0.477 e. The Hall–Kier alpha value is -2.48. The summed E-state index contributed by atoms with van der Waals surface area (Å²) in [5.41, 5.74) is -1.14. The maximum Gasteiger partial charge on any atom is 0.341 e. The Morgan fingerprint density at radius 1 is 1.50 bits per heavy atom. The Morgan fingerprint density at radius 3 is 2.80 bits per heavy atom. The van der Waals surface area contributed by atoms with Gasteiger partial charge >= 0.3 is 5.97 Å². The summed E-state index contributed by atoms with van der Waals surface area (Å²) in [5.74, 6) is -2.08. The highest BCUT2D eigenvalue weighted by molar-refractivity contribution is 5.91. The topological polar surface area (TPSA) is 107 Å². The number of halogens is 1. The Morgan fingerprint density at radius 2 is 2.20 bits per heavy atom. The summed E-state index contributed by atoms with van der Waals surface area (Å²) in [5, 5.41) is 17.9. The van der Waals surface area contributed by atoms with E-state index < -0.39 is 28.9 Å². The molecule has 2 aromatic rings. The Kier molecular flexibility index (Phi) is 2.68. The van der Waals surface area contributed by atoms with Gasteiger partial charge < -0.3 is 20.1 Å². The first-order valence-electron chi connectivity index (χ1n) is 5.85. The second-order valence-electron chi connectivity index (χ2n) is 4.59. The van der Waals surface area contributed by atoms with E-state index in [1.807, 2.05) is 0 Å². The van der Waals surface area contributed by atoms with E-state index in [2.05, 4.69) is 9.97 Å². The van der Waals surface area contributed by atoms with E-state index in [4.69, 9.17) is 5.11 Å². The van der Waals surface area contributed by atoms with Crippen LogP contribution in [0.3, 0.4) is 0 Å². The lowest BCUT2D eigenvalue weighted by molar-refractivity contribution is 0.0695. The zero-order valence-corrected chi connectivity index (χ0v) is 10.1. The average Bonchev–Trinajstić information content (AvgIpc) is 2.35. The van der Waals surface area contributed by atoms with Crippen molar-refractivity contribution in [1.82, 2.24) is 9.97 Å². The molecule has 3 rings (SSSR count). The number of aromatic amines is 1. The number of carboxylic acid groups (broad SMARTS) is 1. The fraction of sp³-hybridized carbons (Fsp3) is 0.250. The normalized spacial score (nSPS) is 15.4. The molecule has 3 N–H and O–H groups in total. The number of aliphatic hydroxyl groups excluding tert-OH is 1. The van der Waals surface area contributed by atoms with Crippen LogP contribution in [-0.4, -0.2) is 45.3 Å². The Labute approximate surface area is 111 Å². The van der Waals surface area contributed by atoms with Crippen molar-refractivity contribution in [1.29, 1.82) is 0 Å². The van der Waals surface area contributed by atoms with Gasteiger partial charge in [-0.3, -0.25) is 4.79 Å². The van der Waals surface area contributed by atoms with Crippen LogP contribution in [0, 0.1) is 5.82 Å². The zero-order chi connectivity index (χ0) is 14.4. The van der Waals surface area contributed by atoms with Crippen molar-refractivity contribution in [3.63, 3.8) is 0 Å². The highest BCUT2D eigenvalue weighted by Crippen LogP contribution is 2.24. The highest BCUT2D eigenvalue weighted by atomic mass is 19.1. The van der Waals surface area contributed by atoms with Crippen LogP contribution in [-0.2, 0) is 0 Å². The monoisotopic (exact) mass is 279 g/mol. The number of H-pyrrole nitrogens is 1. The molecule has 0 unspecified atom stereocenters. The minimum absolute atomic E-state index is 0.0292. The van der Waals surface area contributed by atoms with Crippen LogP contribution in [0.4, 0.5) is 10.2 Å². The lowest BCUT2D eigenvalue weighted by Gasteiger charge is -2.36. The minimum atomic E-state index is -1.39. The van der Waals surface area contributed by atoms with E-state index in [1.54, 1.807) is 0 Å². The van der Waals surface area contributed by atoms with Crippen LogP contribution in [0.5, 0.6) is 0 Å². The van der Waals surface area contributed by atoms with Gasteiger partial charge in [0.05, 0.1) is 11.5 Å². The first kappa shape index (κ1) is 12.5. The lowest BCUT2D eigenvalue weighted by Crippen LogP contribution is -2.51. The van der Waals surface area contributed by atoms with Gasteiger partial charge in [0.2, 0.25) is 5.43 Å². The fourth-order valence-electron chi connectivity index (χ4n) is 2.12. The van der Waals surface area contributed by atoms with E-state index in [-0.39, 0.29) is 29.9 Å². The smallest absolute Gasteiger partial charge is 0.341 e. The number of hydrogen-bond donors (Lipinski definition) is 3. The molecule has 1 fully saturated rings. The van der Waals surface area contributed by atoms with Gasteiger partial charge in [-0.25, -0.2) is 14.2 Å². The number of hydrogen-bond acceptors (Lipinski definition) is 5. The van der Waals surface area contributed by atoms with Crippen molar-refractivity contribution in [2.24, 2.45) is 0 Å². The minimum Gasteiger partial charge on any atom is -0.477 e. The maximum absolute atomic E-state index is 13.9. The molecule has 1 aliphatic rings. The number of rotatable bonds is 2. The van der Waals surface area contributed by atoms with Gasteiger partial charge in [0.25, 0.3) is 0 Å². The van der Waals surface area contributed by atoms with Gasteiger partial charge in [-0.05, 0) is 6.07 Å². The van der Waals surface area contributed by atoms with Crippen molar-refractivity contribution in [3.8, 4) is 0 Å². The number of nitrogens with zero attached hydrogens (tertiary/aromatic N) is 2. The summed E-state index contributed by atoms with van der Waals surface area (Å²) >= 11 is 0. The van der Waals surface area contributed by atoms with E-state index in [1.165, 1.54) is 4.90 Å². The third-order valence-electron chi connectivity index (χ3n) is 3.19. The summed E-state index contributed by atoms with van der Waals surface area (Å²) in [4.78, 5) is 30.8. The molecule has 0 radical (unpaired) electrons. The van der Waals surface area contributed by atoms with Crippen molar-refractivity contribution in [2.45, 2.75) is 6.10 Å². The molecule has 104 valence electrons. The first-order chi connectivity index (χ1) is 9.47. The molecule has 0 amide bonds. The number of aliphatic hydroxyl groups is 1. The van der Waals surface area contributed by atoms with Crippen molar-refractivity contribution in [3.05, 3.63) is 33.9 Å². The number of carboxylic acids is 1. The first-order valence-corrected chi connectivity index (χ1v) is 5.85. The second-order valence-corrected chi connectivity index (χ2v) is 4.59. The van der Waals surface area contributed by atoms with Crippen LogP contribution in [0.15, 0.2) is 17.1 Å². The number of β-amino-alcohol motifs (C(OH)–C–C–N with tert-alkyl or cyclic N) is 1. The molecule has 20 heavy (non-hydrogen) atoms. The number of aromatic carboxylic acids is 1. The van der Waals surface area contributed by atoms with Gasteiger partial charge in [0, 0.05) is 19.3 Å². The number of anilines is 1. The van der Waals surface area contributed by atoms with Crippen LogP contribution in [0.1, 0.15) is 10.4 Å². The van der Waals surface area contributed by atoms with Crippen molar-refractivity contribution in [2.75, 3.05) is 18.0 Å². The van der Waals surface area contributed by atoms with Crippen LogP contribution in [0.2, 0.25) is 0 Å². The Bertz CT molecular complexity index is 767. The summed E-state index contributed by atoms with van der Waals surface area (Å²) in [7, 11) is 0. The molecular weight excluding hydrogens is 269 g/mol. The molecule has 1 aliphatic heterocycles. The highest BCUT2D eigenvalue weighted by Gasteiger charge is 2.28. The predicted octanol–water partition coefficient (Wildman–Crippen LogP) is -0.0587. The zero-order valence-electron chi connectivity index (χ0n) is 10.1. The Balaban J connectivity index is 2.16. The molecule has 0 aliphatic carbocycles. The fourth-order valence-corrected chi connectivity index (χ4v) is 2.12. The van der Waals surface area contributed by atoms with Crippen LogP contribution in [0.25, 0.3) is 11.0 Å². The molecule has 0 bridgehead atoms. The molecule has 0 aromatic carbocycles. The number of carbonyl (C=O) groups is 1. The molecule has 2 aromatic heterocycles. The van der Waals surface area contributed by atoms with Crippen LogP contribution >= 0.6 is 0 Å². The third-order valence-corrected chi connectivity index (χ3v) is 3.19. The van der Waals surface area contributed by atoms with E-state index in [0.717, 1.165) is 12.3 Å². The quantitative estimate of drug-likeness (QED) is 0.711. The second kappa shape index (κ2) is 4.27. The number of pyridine rings is 2. The molecule has 7 nitrogen and oxygen atoms in total. The van der Waals surface area contributed by atoms with Crippen molar-refractivity contribution >= 4 is 22.8 Å². The van der Waals surface area contributed by atoms with Crippen LogP contribution < -0.4 is 10.3 Å². The average molecular weight is 279 g/mol. The number of nitrogens with one attached hydrogen (secondary N) is 1. The van der Waals surface area contributed by atoms with Gasteiger partial charge in [-0.15, -0.1) is 0 Å². The maximum atomic E-state index is 13.9. The molecular formula is C12H10FN3O4. The molecule has 8 heteroatoms. The summed E-state index contributed by atoms with van der Waals surface area (Å²) in [6.45, 7) is 0.541. The summed E-state index contributed by atoms with van der Waals surface area (Å²) in [6.07, 6.45) is 0.521. The van der Waals surface area contributed by atoms with Crippen molar-refractivity contribution < 1.29 is 19.4 Å². The van der Waals surface area contributed by atoms with Gasteiger partial charge in [0.1, 0.15) is 11.2 Å². The van der Waals surface area contributed by atoms with Gasteiger partial charge in [0.15, 0.2) is 11.6 Å². The standard InChI is InChI=1S/C12H10FN3O4/c13-8-1-6-9(18)7(12(19)20)2-14-10(6)15-11(8)16-3-5(17)4-16/h1-2,5,17H,3-4H2,(H,19,20)(H,14,15,18). The van der Waals surface area contributed by atoms with Gasteiger partial charge in [-0.2, -0.15) is 0 Å². The molecule has 3 heterocycles. The lowest BCUT2D eigenvalue weighted by atomic mass is 10.1. The van der Waals surface area contributed by atoms with E-state index in [0.29, 0.717) is 0 Å². The third kappa shape index (κ3) is 1.81. The summed E-state index contributed by atoms with van der Waals surface area (Å²) in [6, 6.07) is 0.966. The number of aromatic nitrogens is 2. The molecule has 0 atom stereocenters.